The molecule has 3 N–H and O–H groups in total. The molecular formula is C10H17NO2. The molecule has 0 amide bonds. The highest BCUT2D eigenvalue weighted by Gasteiger charge is 2.58. The predicted octanol–water partition coefficient (Wildman–Crippen LogP) is 1.08. The lowest BCUT2D eigenvalue weighted by Gasteiger charge is -2.60. The van der Waals surface area contributed by atoms with Crippen molar-refractivity contribution in [3.8, 4) is 0 Å². The molecule has 3 saturated carbocycles. The largest absolute Gasteiger partial charge is 0.481 e. The maximum Gasteiger partial charge on any atom is 0.308 e. The molecule has 3 nitrogen and oxygen atoms in total. The van der Waals surface area contributed by atoms with Gasteiger partial charge in [-0.3, -0.25) is 4.79 Å². The van der Waals surface area contributed by atoms with E-state index in [1.807, 2.05) is 0 Å². The number of hydrogen-bond acceptors (Lipinski definition) is 2. The van der Waals surface area contributed by atoms with E-state index in [0.29, 0.717) is 11.8 Å². The summed E-state index contributed by atoms with van der Waals surface area (Å²) in [5, 5.41) is 8.94. The van der Waals surface area contributed by atoms with Crippen LogP contribution in [-0.2, 0) is 4.79 Å². The summed E-state index contributed by atoms with van der Waals surface area (Å²) >= 11 is 0. The first kappa shape index (κ1) is 9.00. The molecule has 0 spiro atoms. The Morgan fingerprint density at radius 1 is 1.46 bits per heavy atom. The molecule has 0 aliphatic heterocycles. The average molecular weight is 183 g/mol. The molecule has 3 heteroatoms. The van der Waals surface area contributed by atoms with Crippen molar-refractivity contribution in [2.24, 2.45) is 28.9 Å². The van der Waals surface area contributed by atoms with Gasteiger partial charge in [0.05, 0.1) is 5.92 Å². The molecule has 0 radical (unpaired) electrons. The van der Waals surface area contributed by atoms with Crippen molar-refractivity contribution < 1.29 is 9.90 Å². The summed E-state index contributed by atoms with van der Waals surface area (Å²) in [7, 11) is 0. The molecule has 2 bridgehead atoms. The van der Waals surface area contributed by atoms with E-state index in [1.54, 1.807) is 0 Å². The van der Waals surface area contributed by atoms with Gasteiger partial charge in [0.25, 0.3) is 0 Å². The smallest absolute Gasteiger partial charge is 0.308 e. The van der Waals surface area contributed by atoms with Crippen molar-refractivity contribution in [2.45, 2.75) is 32.7 Å². The minimum atomic E-state index is -0.710. The Morgan fingerprint density at radius 3 is 2.46 bits per heavy atom. The Bertz CT molecular complexity index is 249. The number of carbonyl (C=O) groups is 1. The van der Waals surface area contributed by atoms with Crippen LogP contribution in [0.5, 0.6) is 0 Å². The van der Waals surface area contributed by atoms with Crippen molar-refractivity contribution in [2.75, 3.05) is 0 Å². The summed E-state index contributed by atoms with van der Waals surface area (Å²) < 4.78 is 0. The zero-order chi connectivity index (χ0) is 9.80. The highest BCUT2D eigenvalue weighted by molar-refractivity contribution is 5.71. The lowest BCUT2D eigenvalue weighted by atomic mass is 9.45. The number of rotatable bonds is 1. The molecule has 0 aromatic heterocycles. The molecule has 0 aromatic rings. The molecule has 4 unspecified atom stereocenters. The van der Waals surface area contributed by atoms with Gasteiger partial charge in [0.2, 0.25) is 0 Å². The van der Waals surface area contributed by atoms with E-state index >= 15 is 0 Å². The van der Waals surface area contributed by atoms with Gasteiger partial charge in [-0.2, -0.15) is 0 Å². The topological polar surface area (TPSA) is 63.3 Å². The van der Waals surface area contributed by atoms with Gasteiger partial charge in [-0.1, -0.05) is 13.8 Å². The van der Waals surface area contributed by atoms with Crippen molar-refractivity contribution in [1.29, 1.82) is 0 Å². The molecule has 0 saturated heterocycles. The van der Waals surface area contributed by atoms with Crippen LogP contribution in [0.15, 0.2) is 0 Å². The second-order valence-corrected chi connectivity index (χ2v) is 5.12. The van der Waals surface area contributed by atoms with Gasteiger partial charge >= 0.3 is 5.97 Å². The number of nitrogens with two attached hydrogens (primary N) is 1. The Morgan fingerprint density at radius 2 is 2.08 bits per heavy atom. The van der Waals surface area contributed by atoms with E-state index in [4.69, 9.17) is 10.8 Å². The second-order valence-electron chi connectivity index (χ2n) is 5.12. The van der Waals surface area contributed by atoms with Crippen LogP contribution in [0.4, 0.5) is 0 Å². The highest BCUT2D eigenvalue weighted by atomic mass is 16.4. The van der Waals surface area contributed by atoms with Gasteiger partial charge < -0.3 is 10.8 Å². The number of hydrogen-bond donors (Lipinski definition) is 2. The summed E-state index contributed by atoms with van der Waals surface area (Å²) in [5.74, 6) is 0.000208. The summed E-state index contributed by atoms with van der Waals surface area (Å²) in [6, 6.07) is -0.127. The molecule has 3 aliphatic carbocycles. The second kappa shape index (κ2) is 2.47. The average Bonchev–Trinajstić information content (AvgIpc) is 2.02. The molecule has 3 aliphatic rings. The number of carboxylic acids is 1. The Balaban J connectivity index is 2.16. The minimum Gasteiger partial charge on any atom is -0.481 e. The number of aliphatic carboxylic acids is 1. The predicted molar refractivity (Wildman–Crippen MR) is 49.1 cm³/mol. The third-order valence-electron chi connectivity index (χ3n) is 4.33. The van der Waals surface area contributed by atoms with Gasteiger partial charge in [0.1, 0.15) is 0 Å². The van der Waals surface area contributed by atoms with Gasteiger partial charge in [-0.25, -0.2) is 0 Å². The SMILES string of the molecule is CC1(C)C2CC(C(=O)O)C(N)C1C2. The summed E-state index contributed by atoms with van der Waals surface area (Å²) in [6.45, 7) is 4.42. The maximum absolute atomic E-state index is 10.9. The zero-order valence-corrected chi connectivity index (χ0v) is 8.16. The van der Waals surface area contributed by atoms with Gasteiger partial charge in [-0.05, 0) is 30.1 Å². The van der Waals surface area contributed by atoms with Crippen LogP contribution in [0, 0.1) is 23.2 Å². The highest BCUT2D eigenvalue weighted by Crippen LogP contribution is 2.60. The lowest BCUT2D eigenvalue weighted by molar-refractivity contribution is -0.159. The van der Waals surface area contributed by atoms with Crippen LogP contribution in [0.25, 0.3) is 0 Å². The molecule has 74 valence electrons. The van der Waals surface area contributed by atoms with E-state index in [2.05, 4.69) is 13.8 Å². The Labute approximate surface area is 78.3 Å². The first-order chi connectivity index (χ1) is 5.94. The lowest BCUT2D eigenvalue weighted by Crippen LogP contribution is -2.62. The van der Waals surface area contributed by atoms with Crippen molar-refractivity contribution in [3.05, 3.63) is 0 Å². The molecule has 13 heavy (non-hydrogen) atoms. The monoisotopic (exact) mass is 183 g/mol. The number of fused-ring (bicyclic) bond motifs is 2. The third-order valence-corrected chi connectivity index (χ3v) is 4.33. The fourth-order valence-corrected chi connectivity index (χ4v) is 3.12. The molecule has 3 rings (SSSR count). The summed E-state index contributed by atoms with van der Waals surface area (Å²) in [4.78, 5) is 10.9. The first-order valence-electron chi connectivity index (χ1n) is 4.93. The van der Waals surface area contributed by atoms with Crippen LogP contribution >= 0.6 is 0 Å². The maximum atomic E-state index is 10.9. The summed E-state index contributed by atoms with van der Waals surface area (Å²) in [5.41, 5.74) is 6.24. The molecule has 0 aromatic carbocycles. The van der Waals surface area contributed by atoms with E-state index < -0.39 is 5.97 Å². The van der Waals surface area contributed by atoms with Crippen LogP contribution < -0.4 is 5.73 Å². The van der Waals surface area contributed by atoms with Crippen molar-refractivity contribution in [1.82, 2.24) is 0 Å². The van der Waals surface area contributed by atoms with E-state index in [1.165, 1.54) is 0 Å². The quantitative estimate of drug-likeness (QED) is 0.639. The first-order valence-corrected chi connectivity index (χ1v) is 4.93. The minimum absolute atomic E-state index is 0.127. The van der Waals surface area contributed by atoms with Crippen LogP contribution in [0.1, 0.15) is 26.7 Å². The van der Waals surface area contributed by atoms with Gasteiger partial charge in [-0.15, -0.1) is 0 Å². The van der Waals surface area contributed by atoms with Gasteiger partial charge in [0, 0.05) is 6.04 Å². The molecule has 0 heterocycles. The molecular weight excluding hydrogens is 166 g/mol. The zero-order valence-electron chi connectivity index (χ0n) is 8.16. The van der Waals surface area contributed by atoms with E-state index in [-0.39, 0.29) is 17.4 Å². The van der Waals surface area contributed by atoms with Gasteiger partial charge in [0.15, 0.2) is 0 Å². The Kier molecular flexibility index (Phi) is 1.71. The van der Waals surface area contributed by atoms with Crippen LogP contribution in [-0.4, -0.2) is 17.1 Å². The van der Waals surface area contributed by atoms with E-state index in [0.717, 1.165) is 12.8 Å². The molecule has 4 atom stereocenters. The third kappa shape index (κ3) is 1.03. The molecule has 3 fully saturated rings. The Hall–Kier alpha value is -0.570. The van der Waals surface area contributed by atoms with Crippen molar-refractivity contribution >= 4 is 5.97 Å². The van der Waals surface area contributed by atoms with E-state index in [9.17, 15) is 4.79 Å². The number of carboxylic acid groups (broad SMARTS) is 1. The standard InChI is InChI=1S/C10H17NO2/c1-10(2)5-3-6(9(12)13)8(11)7(10)4-5/h5-8H,3-4,11H2,1-2H3,(H,12,13). The van der Waals surface area contributed by atoms with Crippen molar-refractivity contribution in [3.63, 3.8) is 0 Å². The van der Waals surface area contributed by atoms with Crippen LogP contribution in [0.3, 0.4) is 0 Å². The summed E-state index contributed by atoms with van der Waals surface area (Å²) in [6.07, 6.45) is 1.91. The fraction of sp³-hybridized carbons (Fsp3) is 0.900. The fourth-order valence-electron chi connectivity index (χ4n) is 3.12. The normalized spacial score (nSPS) is 46.7. The van der Waals surface area contributed by atoms with Crippen LogP contribution in [0.2, 0.25) is 0 Å².